The van der Waals surface area contributed by atoms with Crippen molar-refractivity contribution in [1.29, 1.82) is 0 Å². The Morgan fingerprint density at radius 1 is 1.13 bits per heavy atom. The normalized spacial score (nSPS) is 12.0. The summed E-state index contributed by atoms with van der Waals surface area (Å²) < 4.78 is 87.3. The Morgan fingerprint density at radius 3 is 2.37 bits per heavy atom. The second-order valence-electron chi connectivity index (χ2n) is 7.50. The molecule has 1 amide bonds. The minimum atomic E-state index is -4.69. The summed E-state index contributed by atoms with van der Waals surface area (Å²) in [5, 5.41) is 9.26. The van der Waals surface area contributed by atoms with Crippen LogP contribution in [-0.4, -0.2) is 80.3 Å². The van der Waals surface area contributed by atoms with Gasteiger partial charge in [-0.25, -0.2) is 9.78 Å². The fourth-order valence-corrected chi connectivity index (χ4v) is 4.64. The van der Waals surface area contributed by atoms with Gasteiger partial charge in [-0.1, -0.05) is 18.5 Å². The molecule has 0 fully saturated rings. The van der Waals surface area contributed by atoms with Gasteiger partial charge < -0.3 is 24.1 Å². The smallest absolute Gasteiger partial charge is 0.422 e. The number of alkyl halides is 3. The summed E-state index contributed by atoms with van der Waals surface area (Å²) in [4.78, 5) is 15.6. The Balaban J connectivity index is 2.49. The van der Waals surface area contributed by atoms with Crippen LogP contribution in [0, 0.1) is 0 Å². The van der Waals surface area contributed by atoms with Crippen LogP contribution < -0.4 is 9.47 Å². The Hall–Kier alpha value is -2.85. The van der Waals surface area contributed by atoms with Crippen LogP contribution in [0.15, 0.2) is 30.5 Å². The van der Waals surface area contributed by atoms with E-state index in [0.717, 1.165) is 4.31 Å². The molecule has 2 aromatic rings. The average Bonchev–Trinajstić information content (AvgIpc) is 2.84. The zero-order valence-electron chi connectivity index (χ0n) is 20.7. The lowest BCUT2D eigenvalue weighted by Crippen LogP contribution is -2.46. The van der Waals surface area contributed by atoms with E-state index in [1.165, 1.54) is 39.3 Å². The van der Waals surface area contributed by atoms with E-state index in [1.807, 2.05) is 0 Å². The number of likely N-dealkylation sites (N-methyl/N-ethyl adjacent to an activating group) is 1. The molecule has 11 nitrogen and oxygen atoms in total. The molecule has 0 saturated heterocycles. The fraction of sp³-hybridized carbons (Fsp3) is 0.455. The zero-order valence-corrected chi connectivity index (χ0v) is 22.3. The van der Waals surface area contributed by atoms with Gasteiger partial charge in [0, 0.05) is 45.1 Å². The van der Waals surface area contributed by atoms with Gasteiger partial charge >= 0.3 is 22.5 Å². The van der Waals surface area contributed by atoms with Gasteiger partial charge in [-0.05, 0) is 18.2 Å². The number of hydrogen-bond acceptors (Lipinski definition) is 8. The number of carboxylic acid groups (broad SMARTS) is 1. The standard InChI is InChI=1S/C22H27ClF3N3O8S/c1-4-28(7-8-34-2)38(32,33)29(21(30)31)14-15-5-6-17(36-10-9-35-3)12-19(15)37-20-18(23)11-16(13-27-20)22(24,25)26/h5-6,11-13H,4,7-10,14H2,1-3H3,(H,30,31). The van der Waals surface area contributed by atoms with Crippen LogP contribution in [0.25, 0.3) is 0 Å². The number of hydrogen-bond donors (Lipinski definition) is 1. The number of rotatable bonds is 14. The van der Waals surface area contributed by atoms with Crippen LogP contribution in [-0.2, 0) is 32.4 Å². The summed E-state index contributed by atoms with van der Waals surface area (Å²) in [6.07, 6.45) is -5.94. The number of halogens is 4. The molecule has 0 aliphatic carbocycles. The van der Waals surface area contributed by atoms with E-state index in [9.17, 15) is 31.5 Å². The number of aromatic nitrogens is 1. The van der Waals surface area contributed by atoms with Crippen LogP contribution in [0.4, 0.5) is 18.0 Å². The van der Waals surface area contributed by atoms with E-state index in [0.29, 0.717) is 12.3 Å². The quantitative estimate of drug-likeness (QED) is 0.323. The van der Waals surface area contributed by atoms with Gasteiger partial charge in [0.2, 0.25) is 5.88 Å². The molecule has 0 spiro atoms. The van der Waals surface area contributed by atoms with Gasteiger partial charge in [-0.2, -0.15) is 30.2 Å². The van der Waals surface area contributed by atoms with E-state index in [4.69, 9.17) is 30.5 Å². The molecule has 0 bridgehead atoms. The van der Waals surface area contributed by atoms with Gasteiger partial charge in [-0.3, -0.25) is 0 Å². The van der Waals surface area contributed by atoms with E-state index in [-0.39, 0.29) is 54.3 Å². The first-order chi connectivity index (χ1) is 17.8. The summed E-state index contributed by atoms with van der Waals surface area (Å²) in [5.41, 5.74) is -1.07. The monoisotopic (exact) mass is 585 g/mol. The van der Waals surface area contributed by atoms with Gasteiger partial charge in [-0.15, -0.1) is 0 Å². The maximum absolute atomic E-state index is 13.1. The maximum atomic E-state index is 13.1. The highest BCUT2D eigenvalue weighted by molar-refractivity contribution is 7.87. The van der Waals surface area contributed by atoms with Crippen LogP contribution in [0.5, 0.6) is 17.4 Å². The van der Waals surface area contributed by atoms with Crippen molar-refractivity contribution in [2.45, 2.75) is 19.6 Å². The SMILES string of the molecule is CCN(CCOC)S(=O)(=O)N(Cc1ccc(OCCOC)cc1Oc1ncc(C(F)(F)F)cc1Cl)C(=O)O. The average molecular weight is 586 g/mol. The molecule has 0 aliphatic rings. The van der Waals surface area contributed by atoms with Crippen LogP contribution in [0.2, 0.25) is 5.02 Å². The van der Waals surface area contributed by atoms with Crippen molar-refractivity contribution in [3.63, 3.8) is 0 Å². The van der Waals surface area contributed by atoms with Crippen molar-refractivity contribution >= 4 is 27.9 Å². The Kier molecular flexibility index (Phi) is 11.4. The third kappa shape index (κ3) is 8.33. The van der Waals surface area contributed by atoms with Crippen molar-refractivity contribution in [2.24, 2.45) is 0 Å². The number of ether oxygens (including phenoxy) is 4. The molecule has 1 aromatic heterocycles. The first-order valence-corrected chi connectivity index (χ1v) is 12.8. The summed E-state index contributed by atoms with van der Waals surface area (Å²) in [7, 11) is -1.68. The van der Waals surface area contributed by atoms with Crippen molar-refractivity contribution in [3.05, 3.63) is 46.6 Å². The second kappa shape index (κ2) is 13.8. The lowest BCUT2D eigenvalue weighted by Gasteiger charge is -2.27. The molecule has 16 heteroatoms. The highest BCUT2D eigenvalue weighted by atomic mass is 35.5. The molecule has 1 N–H and O–H groups in total. The second-order valence-corrected chi connectivity index (χ2v) is 9.76. The van der Waals surface area contributed by atoms with E-state index in [1.54, 1.807) is 0 Å². The highest BCUT2D eigenvalue weighted by Crippen LogP contribution is 2.37. The van der Waals surface area contributed by atoms with Crippen molar-refractivity contribution in [2.75, 3.05) is 47.1 Å². The highest BCUT2D eigenvalue weighted by Gasteiger charge is 2.34. The molecule has 1 aromatic carbocycles. The molecule has 38 heavy (non-hydrogen) atoms. The zero-order chi connectivity index (χ0) is 28.5. The molecule has 212 valence electrons. The van der Waals surface area contributed by atoms with E-state index < -0.39 is 45.5 Å². The number of methoxy groups -OCH3 is 2. The van der Waals surface area contributed by atoms with Gasteiger partial charge in [0.05, 0.1) is 25.3 Å². The van der Waals surface area contributed by atoms with E-state index >= 15 is 0 Å². The minimum absolute atomic E-state index is 0.0283. The predicted molar refractivity (Wildman–Crippen MR) is 130 cm³/mol. The molecular weight excluding hydrogens is 559 g/mol. The van der Waals surface area contributed by atoms with Crippen LogP contribution in [0.3, 0.4) is 0 Å². The van der Waals surface area contributed by atoms with Crippen LogP contribution in [0.1, 0.15) is 18.1 Å². The Labute approximate surface area is 222 Å². The number of carbonyl (C=O) groups is 1. The van der Waals surface area contributed by atoms with Gasteiger partial charge in [0.1, 0.15) is 23.1 Å². The summed E-state index contributed by atoms with van der Waals surface area (Å²) in [5.74, 6) is -0.339. The summed E-state index contributed by atoms with van der Waals surface area (Å²) >= 11 is 5.96. The number of nitrogens with zero attached hydrogens (tertiary/aromatic N) is 3. The van der Waals surface area contributed by atoms with Crippen molar-refractivity contribution in [3.8, 4) is 17.4 Å². The molecular formula is C22H27ClF3N3O8S. The third-order valence-electron chi connectivity index (χ3n) is 4.97. The van der Waals surface area contributed by atoms with E-state index in [2.05, 4.69) is 4.98 Å². The fourth-order valence-electron chi connectivity index (χ4n) is 3.02. The van der Waals surface area contributed by atoms with Crippen molar-refractivity contribution in [1.82, 2.24) is 13.6 Å². The molecule has 0 aliphatic heterocycles. The third-order valence-corrected chi connectivity index (χ3v) is 7.17. The molecule has 1 heterocycles. The first kappa shape index (κ1) is 31.4. The lowest BCUT2D eigenvalue weighted by molar-refractivity contribution is -0.137. The molecule has 2 rings (SSSR count). The number of pyridine rings is 1. The Morgan fingerprint density at radius 2 is 1.82 bits per heavy atom. The topological polar surface area (TPSA) is 128 Å². The molecule has 0 atom stereocenters. The molecule has 0 unspecified atom stereocenters. The van der Waals surface area contributed by atoms with Gasteiger partial charge in [0.25, 0.3) is 0 Å². The lowest BCUT2D eigenvalue weighted by atomic mass is 10.2. The molecule has 0 saturated carbocycles. The molecule has 0 radical (unpaired) electrons. The summed E-state index contributed by atoms with van der Waals surface area (Å²) in [6, 6.07) is 4.71. The maximum Gasteiger partial charge on any atom is 0.422 e. The Bertz CT molecular complexity index is 1200. The number of benzene rings is 1. The van der Waals surface area contributed by atoms with Gasteiger partial charge in [0.15, 0.2) is 0 Å². The summed E-state index contributed by atoms with van der Waals surface area (Å²) in [6.45, 7) is 1.11. The number of amides is 1. The van der Waals surface area contributed by atoms with Crippen molar-refractivity contribution < 1.29 is 50.4 Å². The predicted octanol–water partition coefficient (Wildman–Crippen LogP) is 4.26. The van der Waals surface area contributed by atoms with Crippen LogP contribution >= 0.6 is 11.6 Å². The largest absolute Gasteiger partial charge is 0.491 e. The first-order valence-electron chi connectivity index (χ1n) is 11.0. The minimum Gasteiger partial charge on any atom is -0.491 e.